The molecule has 7 rings (SSSR count). The Hall–Kier alpha value is -9.56. The minimum Gasteiger partial charge on any atom is -0.508 e. The van der Waals surface area contributed by atoms with Crippen molar-refractivity contribution in [3.8, 4) is 5.75 Å². The number of rotatable bonds is 34. The molecule has 28 nitrogen and oxygen atoms in total. The van der Waals surface area contributed by atoms with E-state index in [1.807, 2.05) is 0 Å². The molecular formula is C61H75F2N15O13S2. The molecule has 1 fully saturated rings. The SMILES string of the molecule is C[C@@]1(C(=O)N[C@@H](CS)C(N)=O)CCCN1C(=O)[C@H](Cc1ccc(O)cc1)NC(=O)[C@H](Cc1cnc[nH]1)NC(=O)[C@H](CC(=O)O)NC(=O)[C@H](Cc1c[nH]c2ccc(F)cc12)NC(=O)[C@H](Cc1c[nH]c2ccc(F)cc12)NC(=O)CNC(=O)[C@H](CCCCN)NC(=O)CCS. The van der Waals surface area contributed by atoms with Crippen molar-refractivity contribution in [2.45, 2.75) is 125 Å². The number of aliphatic carboxylic acids is 1. The number of nitrogens with two attached hydrogens (primary N) is 2. The van der Waals surface area contributed by atoms with Crippen molar-refractivity contribution in [1.29, 1.82) is 0 Å². The fourth-order valence-corrected chi connectivity index (χ4v) is 11.3. The summed E-state index contributed by atoms with van der Waals surface area (Å²) in [6.45, 7) is 1.08. The van der Waals surface area contributed by atoms with Gasteiger partial charge in [-0.2, -0.15) is 25.3 Å². The summed E-state index contributed by atoms with van der Waals surface area (Å²) >= 11 is 8.20. The summed E-state index contributed by atoms with van der Waals surface area (Å²) in [5, 5.41) is 41.3. The molecule has 498 valence electrons. The molecule has 4 heterocycles. The largest absolute Gasteiger partial charge is 0.508 e. The molecule has 32 heteroatoms. The summed E-state index contributed by atoms with van der Waals surface area (Å²) in [5.41, 5.74) is 11.6. The van der Waals surface area contributed by atoms with Gasteiger partial charge in [0.2, 0.25) is 59.1 Å². The maximum Gasteiger partial charge on any atom is 0.305 e. The molecule has 0 bridgehead atoms. The second-order valence-corrected chi connectivity index (χ2v) is 23.4. The highest BCUT2D eigenvalue weighted by atomic mass is 32.1. The van der Waals surface area contributed by atoms with Gasteiger partial charge in [0.1, 0.15) is 65.2 Å². The summed E-state index contributed by atoms with van der Waals surface area (Å²) in [6.07, 6.45) is 4.44. The number of halogens is 2. The number of hydrogen-bond donors (Lipinski definition) is 17. The quantitative estimate of drug-likeness (QED) is 0.0185. The Labute approximate surface area is 542 Å². The molecule has 1 saturated heterocycles. The number of amides is 10. The van der Waals surface area contributed by atoms with E-state index in [1.54, 1.807) is 0 Å². The fraction of sp³-hybridized carbons (Fsp3) is 0.410. The Balaban J connectivity index is 1.18. The standard InChI is InChI=1S/C61H75F2N15O13S2/c1-61(60(91)77-49(30-93)53(65)84)15-4-17-78(61)59(90)48(19-32-6-10-38(79)11-7-32)76-57(88)46(24-37-28-66-31-70-37)74-58(89)47(25-52(82)83)75-56(87)45(21-34-27-68-42-13-9-36(63)23-40(34)42)73-55(86)44(20-33-26-67-41-12-8-35(62)22-39(33)41)72-51(81)29-69-54(85)43(5-2-3-16-64)71-50(80)14-18-92/h6-13,22-23,26-28,31,43-49,67-68,79,92-93H,2-5,14-21,24-25,29-30,64H2,1H3,(H2,65,84)(H,66,70)(H,69,85)(H,71,80)(H,72,81)(H,73,86)(H,74,89)(H,75,87)(H,76,88)(H,77,91)(H,82,83)/t43-,44-,45-,46-,47-,48-,49-,61-/m0/s1. The highest BCUT2D eigenvalue weighted by molar-refractivity contribution is 7.80. The molecule has 3 aromatic heterocycles. The number of imidazole rings is 1. The summed E-state index contributed by atoms with van der Waals surface area (Å²) < 4.78 is 29.6. The van der Waals surface area contributed by atoms with Crippen LogP contribution in [0.3, 0.4) is 0 Å². The van der Waals surface area contributed by atoms with Gasteiger partial charge in [-0.15, -0.1) is 0 Å². The number of thiol groups is 2. The lowest BCUT2D eigenvalue weighted by molar-refractivity contribution is -0.147. The number of aromatic amines is 3. The predicted octanol–water partition coefficient (Wildman–Crippen LogP) is -0.144. The number of primary amides is 1. The van der Waals surface area contributed by atoms with Crippen molar-refractivity contribution in [3.63, 3.8) is 0 Å². The maximum absolute atomic E-state index is 14.9. The highest BCUT2D eigenvalue weighted by Crippen LogP contribution is 2.31. The van der Waals surface area contributed by atoms with Crippen LogP contribution in [0.2, 0.25) is 0 Å². The van der Waals surface area contributed by atoms with E-state index in [4.69, 9.17) is 11.5 Å². The molecule has 1 aliphatic rings. The first-order chi connectivity index (χ1) is 44.4. The number of fused-ring (bicyclic) bond motifs is 2. The van der Waals surface area contributed by atoms with Crippen LogP contribution in [0.15, 0.2) is 85.6 Å². The number of unbranched alkanes of at least 4 members (excludes halogenated alkanes) is 1. The van der Waals surface area contributed by atoms with Crippen LogP contribution in [0.5, 0.6) is 5.75 Å². The molecule has 0 saturated carbocycles. The number of phenols is 1. The van der Waals surface area contributed by atoms with Gasteiger partial charge in [-0.25, -0.2) is 13.8 Å². The van der Waals surface area contributed by atoms with E-state index in [2.05, 4.69) is 87.7 Å². The lowest BCUT2D eigenvalue weighted by Crippen LogP contribution is -2.63. The minimum absolute atomic E-state index is 0.00401. The van der Waals surface area contributed by atoms with Gasteiger partial charge in [-0.05, 0) is 117 Å². The van der Waals surface area contributed by atoms with Gasteiger partial charge in [0.25, 0.3) is 0 Å². The van der Waals surface area contributed by atoms with Crippen molar-refractivity contribution < 1.29 is 71.7 Å². The minimum atomic E-state index is -2.05. The number of H-pyrrole nitrogens is 3. The van der Waals surface area contributed by atoms with Gasteiger partial charge in [-0.3, -0.25) is 52.7 Å². The summed E-state index contributed by atoms with van der Waals surface area (Å²) in [7, 11) is 0. The van der Waals surface area contributed by atoms with Crippen LogP contribution in [0.25, 0.3) is 21.8 Å². The smallest absolute Gasteiger partial charge is 0.305 e. The third-order valence-corrected chi connectivity index (χ3v) is 16.4. The number of benzene rings is 3. The highest BCUT2D eigenvalue weighted by Gasteiger charge is 2.48. The van der Waals surface area contributed by atoms with Crippen molar-refractivity contribution in [2.75, 3.05) is 31.1 Å². The third kappa shape index (κ3) is 19.5. The monoisotopic (exact) mass is 1330 g/mol. The summed E-state index contributed by atoms with van der Waals surface area (Å²) in [4.78, 5) is 167. The maximum atomic E-state index is 14.9. The van der Waals surface area contributed by atoms with Gasteiger partial charge < -0.3 is 84.1 Å². The van der Waals surface area contributed by atoms with Crippen molar-refractivity contribution >= 4 is 112 Å². The number of aromatic nitrogens is 4. The lowest BCUT2D eigenvalue weighted by atomic mass is 9.95. The molecule has 10 amide bonds. The second-order valence-electron chi connectivity index (χ2n) is 22.6. The first kappa shape index (κ1) is 70.9. The number of aromatic hydroxyl groups is 1. The predicted molar refractivity (Wildman–Crippen MR) is 341 cm³/mol. The lowest BCUT2D eigenvalue weighted by Gasteiger charge is -2.37. The summed E-state index contributed by atoms with van der Waals surface area (Å²) in [6, 6.07) is 2.27. The van der Waals surface area contributed by atoms with Crippen molar-refractivity contribution in [1.82, 2.24) is 67.4 Å². The Morgan fingerprint density at radius 3 is 1.77 bits per heavy atom. The summed E-state index contributed by atoms with van der Waals surface area (Å²) in [5.74, 6) is -12.1. The normalized spacial score (nSPS) is 16.0. The van der Waals surface area contributed by atoms with E-state index in [1.165, 1.54) is 91.3 Å². The average molecular weight is 1330 g/mol. The van der Waals surface area contributed by atoms with Gasteiger partial charge >= 0.3 is 5.97 Å². The number of carboxylic acid groups (broad SMARTS) is 1. The second kappa shape index (κ2) is 33.1. The molecule has 93 heavy (non-hydrogen) atoms. The molecule has 1 aliphatic heterocycles. The molecule has 3 aromatic carbocycles. The van der Waals surface area contributed by atoms with Crippen LogP contribution >= 0.6 is 25.3 Å². The Morgan fingerprint density at radius 1 is 0.667 bits per heavy atom. The number of carbonyl (C=O) groups excluding carboxylic acids is 10. The third-order valence-electron chi connectivity index (χ3n) is 15.8. The molecule has 0 spiro atoms. The van der Waals surface area contributed by atoms with Crippen LogP contribution in [0, 0.1) is 11.6 Å². The molecule has 6 aromatic rings. The number of likely N-dealkylation sites (tertiary alicyclic amines) is 1. The number of hydrogen-bond acceptors (Lipinski definition) is 16. The molecule has 0 unspecified atom stereocenters. The van der Waals surface area contributed by atoms with E-state index in [9.17, 15) is 71.7 Å². The zero-order valence-electron chi connectivity index (χ0n) is 50.5. The Bertz CT molecular complexity index is 3690. The van der Waals surface area contributed by atoms with Gasteiger partial charge in [0, 0.05) is 90.5 Å². The van der Waals surface area contributed by atoms with Crippen molar-refractivity contribution in [3.05, 3.63) is 120 Å². The topological polar surface area (TPSA) is 440 Å². The Morgan fingerprint density at radius 2 is 1.23 bits per heavy atom. The number of nitrogens with one attached hydrogen (secondary N) is 11. The van der Waals surface area contributed by atoms with Crippen LogP contribution < -0.4 is 54.0 Å². The number of carbonyl (C=O) groups is 11. The first-order valence-corrected chi connectivity index (χ1v) is 31.1. The van der Waals surface area contributed by atoms with E-state index >= 15 is 0 Å². The van der Waals surface area contributed by atoms with E-state index in [0.717, 1.165) is 6.07 Å². The van der Waals surface area contributed by atoms with E-state index < -0.39 is 144 Å². The van der Waals surface area contributed by atoms with E-state index in [-0.39, 0.29) is 79.0 Å². The number of carboxylic acids is 1. The van der Waals surface area contributed by atoms with Crippen LogP contribution in [-0.2, 0) is 78.4 Å². The first-order valence-electron chi connectivity index (χ1n) is 29.8. The molecule has 0 radical (unpaired) electrons. The Kier molecular flexibility index (Phi) is 25.3. The molecule has 8 atom stereocenters. The zero-order valence-corrected chi connectivity index (χ0v) is 52.3. The van der Waals surface area contributed by atoms with Crippen molar-refractivity contribution in [2.24, 2.45) is 11.5 Å². The van der Waals surface area contributed by atoms with Crippen LogP contribution in [0.4, 0.5) is 8.78 Å². The average Bonchev–Trinajstić information content (AvgIpc) is 1.71. The number of nitrogens with zero attached hydrogens (tertiary/aromatic N) is 2. The van der Waals surface area contributed by atoms with Crippen LogP contribution in [-0.4, -0.2) is 179 Å². The molecule has 17 N–H and O–H groups in total. The van der Waals surface area contributed by atoms with Gasteiger partial charge in [-0.1, -0.05) is 12.1 Å². The fourth-order valence-electron chi connectivity index (χ4n) is 10.8. The molecule has 0 aliphatic carbocycles. The van der Waals surface area contributed by atoms with E-state index in [0.29, 0.717) is 53.4 Å². The zero-order chi connectivity index (χ0) is 67.5. The van der Waals surface area contributed by atoms with Gasteiger partial charge in [0.15, 0.2) is 0 Å². The van der Waals surface area contributed by atoms with Crippen LogP contribution in [0.1, 0.15) is 74.3 Å². The number of phenolic OH excluding ortho intramolecular Hbond substituents is 1. The van der Waals surface area contributed by atoms with Gasteiger partial charge in [0.05, 0.1) is 19.3 Å². The molecular weight excluding hydrogens is 1250 g/mol.